The second kappa shape index (κ2) is 3.81. The van der Waals surface area contributed by atoms with Gasteiger partial charge in [0.2, 0.25) is 0 Å². The number of aryl methyl sites for hydroxylation is 1. The highest BCUT2D eigenvalue weighted by molar-refractivity contribution is 5.64. The largest absolute Gasteiger partial charge is 0.417 e. The van der Waals surface area contributed by atoms with E-state index in [2.05, 4.69) is 6.58 Å². The zero-order chi connectivity index (χ0) is 12.7. The van der Waals surface area contributed by atoms with E-state index in [1.54, 1.807) is 0 Å². The fourth-order valence-corrected chi connectivity index (χ4v) is 1.46. The first-order chi connectivity index (χ1) is 7.16. The van der Waals surface area contributed by atoms with Gasteiger partial charge in [-0.05, 0) is 25.5 Å². The van der Waals surface area contributed by atoms with Gasteiger partial charge in [0.05, 0.1) is 11.1 Å². The van der Waals surface area contributed by atoms with E-state index in [9.17, 15) is 18.0 Å². The lowest BCUT2D eigenvalue weighted by molar-refractivity contribution is -0.138. The highest BCUT2D eigenvalue weighted by atomic mass is 19.4. The van der Waals surface area contributed by atoms with Gasteiger partial charge in [0.25, 0.3) is 5.56 Å². The van der Waals surface area contributed by atoms with E-state index in [0.29, 0.717) is 0 Å². The number of nitrogens with zero attached hydrogens (tertiary/aromatic N) is 1. The number of aromatic nitrogens is 1. The molecular weight excluding hydrogens is 219 g/mol. The van der Waals surface area contributed by atoms with Crippen LogP contribution in [0.15, 0.2) is 17.4 Å². The maximum atomic E-state index is 12.7. The predicted molar refractivity (Wildman–Crippen MR) is 56.1 cm³/mol. The maximum absolute atomic E-state index is 12.7. The fraction of sp³-hybridized carbons (Fsp3) is 0.364. The Hall–Kier alpha value is -1.52. The van der Waals surface area contributed by atoms with Crippen LogP contribution in [0.25, 0.3) is 5.57 Å². The zero-order valence-corrected chi connectivity index (χ0v) is 9.27. The van der Waals surface area contributed by atoms with Crippen molar-refractivity contribution < 1.29 is 13.2 Å². The predicted octanol–water partition coefficient (Wildman–Crippen LogP) is 2.75. The fourth-order valence-electron chi connectivity index (χ4n) is 1.46. The van der Waals surface area contributed by atoms with Crippen LogP contribution < -0.4 is 5.56 Å². The van der Waals surface area contributed by atoms with Crippen molar-refractivity contribution >= 4 is 5.57 Å². The third-order valence-corrected chi connectivity index (χ3v) is 2.40. The standard InChI is InChI=1S/C11H12F3NO/c1-6(2)9-8(11(12,13)14)5-7(3)15(4)10(9)16/h5H,1H2,2-4H3. The Morgan fingerprint density at radius 2 is 1.94 bits per heavy atom. The summed E-state index contributed by atoms with van der Waals surface area (Å²) in [5.41, 5.74) is -1.56. The van der Waals surface area contributed by atoms with E-state index in [0.717, 1.165) is 6.07 Å². The van der Waals surface area contributed by atoms with E-state index in [-0.39, 0.29) is 16.8 Å². The Morgan fingerprint density at radius 3 is 2.31 bits per heavy atom. The quantitative estimate of drug-likeness (QED) is 0.728. The van der Waals surface area contributed by atoms with E-state index < -0.39 is 17.3 Å². The Kier molecular flexibility index (Phi) is 2.99. The monoisotopic (exact) mass is 231 g/mol. The zero-order valence-electron chi connectivity index (χ0n) is 9.27. The molecule has 0 saturated carbocycles. The number of hydrogen-bond donors (Lipinski definition) is 0. The van der Waals surface area contributed by atoms with Gasteiger partial charge in [0.1, 0.15) is 0 Å². The maximum Gasteiger partial charge on any atom is 0.417 e. The summed E-state index contributed by atoms with van der Waals surface area (Å²) in [5, 5.41) is 0. The van der Waals surface area contributed by atoms with E-state index in [4.69, 9.17) is 0 Å². The van der Waals surface area contributed by atoms with Gasteiger partial charge in [0.15, 0.2) is 0 Å². The normalized spacial score (nSPS) is 11.6. The number of alkyl halides is 3. The highest BCUT2D eigenvalue weighted by Crippen LogP contribution is 2.33. The minimum absolute atomic E-state index is 0.118. The van der Waals surface area contributed by atoms with Crippen molar-refractivity contribution in [2.75, 3.05) is 0 Å². The van der Waals surface area contributed by atoms with Crippen molar-refractivity contribution in [3.63, 3.8) is 0 Å². The van der Waals surface area contributed by atoms with Gasteiger partial charge in [-0.1, -0.05) is 6.58 Å². The molecule has 0 fully saturated rings. The van der Waals surface area contributed by atoms with Crippen molar-refractivity contribution in [3.05, 3.63) is 39.8 Å². The topological polar surface area (TPSA) is 22.0 Å². The summed E-state index contributed by atoms with van der Waals surface area (Å²) in [6.45, 7) is 6.27. The summed E-state index contributed by atoms with van der Waals surface area (Å²) in [6.07, 6.45) is -4.54. The summed E-state index contributed by atoms with van der Waals surface area (Å²) < 4.78 is 39.3. The number of allylic oxidation sites excluding steroid dienone is 1. The lowest BCUT2D eigenvalue weighted by atomic mass is 10.0. The molecule has 0 aliphatic carbocycles. The summed E-state index contributed by atoms with van der Waals surface area (Å²) in [5.74, 6) is 0. The van der Waals surface area contributed by atoms with Crippen LogP contribution in [0.2, 0.25) is 0 Å². The summed E-state index contributed by atoms with van der Waals surface area (Å²) in [6, 6.07) is 0.964. The first kappa shape index (κ1) is 12.5. The minimum atomic E-state index is -4.54. The first-order valence-electron chi connectivity index (χ1n) is 4.60. The minimum Gasteiger partial charge on any atom is -0.315 e. The molecular formula is C11H12F3NO. The van der Waals surface area contributed by atoms with E-state index in [1.165, 1.54) is 25.5 Å². The van der Waals surface area contributed by atoms with Gasteiger partial charge >= 0.3 is 6.18 Å². The average Bonchev–Trinajstić information content (AvgIpc) is 2.11. The lowest BCUT2D eigenvalue weighted by Crippen LogP contribution is -2.27. The van der Waals surface area contributed by atoms with Crippen molar-refractivity contribution in [2.45, 2.75) is 20.0 Å². The molecule has 0 N–H and O–H groups in total. The third kappa shape index (κ3) is 2.03. The van der Waals surface area contributed by atoms with Crippen LogP contribution in [0.5, 0.6) is 0 Å². The molecule has 2 nitrogen and oxygen atoms in total. The van der Waals surface area contributed by atoms with Gasteiger partial charge in [-0.25, -0.2) is 0 Å². The molecule has 1 rings (SSSR count). The molecule has 0 aromatic carbocycles. The Bertz CT molecular complexity index is 497. The molecule has 1 aromatic rings. The second-order valence-electron chi connectivity index (χ2n) is 3.72. The smallest absolute Gasteiger partial charge is 0.315 e. The third-order valence-electron chi connectivity index (χ3n) is 2.40. The average molecular weight is 231 g/mol. The lowest BCUT2D eigenvalue weighted by Gasteiger charge is -2.15. The van der Waals surface area contributed by atoms with Gasteiger partial charge in [-0.2, -0.15) is 13.2 Å². The van der Waals surface area contributed by atoms with Crippen LogP contribution >= 0.6 is 0 Å². The van der Waals surface area contributed by atoms with Gasteiger partial charge in [0, 0.05) is 12.7 Å². The van der Waals surface area contributed by atoms with Crippen molar-refractivity contribution in [2.24, 2.45) is 7.05 Å². The van der Waals surface area contributed by atoms with Crippen LogP contribution in [0, 0.1) is 6.92 Å². The Balaban J connectivity index is 3.75. The SMILES string of the molecule is C=C(C)c1c(C(F)(F)F)cc(C)n(C)c1=O. The van der Waals surface area contributed by atoms with Crippen LogP contribution in [-0.2, 0) is 13.2 Å². The second-order valence-corrected chi connectivity index (χ2v) is 3.72. The molecule has 88 valence electrons. The van der Waals surface area contributed by atoms with Crippen molar-refractivity contribution in [1.82, 2.24) is 4.57 Å². The van der Waals surface area contributed by atoms with Crippen LogP contribution in [-0.4, -0.2) is 4.57 Å². The molecule has 0 aliphatic rings. The molecule has 0 radical (unpaired) electrons. The Labute approximate surface area is 91.0 Å². The molecule has 5 heteroatoms. The summed E-state index contributed by atoms with van der Waals surface area (Å²) >= 11 is 0. The summed E-state index contributed by atoms with van der Waals surface area (Å²) in [7, 11) is 1.43. The molecule has 0 bridgehead atoms. The van der Waals surface area contributed by atoms with Crippen molar-refractivity contribution in [3.8, 4) is 0 Å². The number of hydrogen-bond acceptors (Lipinski definition) is 1. The van der Waals surface area contributed by atoms with Gasteiger partial charge in [-0.15, -0.1) is 0 Å². The van der Waals surface area contributed by atoms with Crippen LogP contribution in [0.4, 0.5) is 13.2 Å². The van der Waals surface area contributed by atoms with Gasteiger partial charge < -0.3 is 4.57 Å². The molecule has 0 saturated heterocycles. The summed E-state index contributed by atoms with van der Waals surface area (Å²) in [4.78, 5) is 11.7. The molecule has 1 heterocycles. The number of pyridine rings is 1. The number of halogens is 3. The van der Waals surface area contributed by atoms with Crippen LogP contribution in [0.1, 0.15) is 23.7 Å². The Morgan fingerprint density at radius 1 is 1.44 bits per heavy atom. The van der Waals surface area contributed by atoms with E-state index >= 15 is 0 Å². The molecule has 0 aliphatic heterocycles. The molecule has 0 unspecified atom stereocenters. The van der Waals surface area contributed by atoms with Crippen LogP contribution in [0.3, 0.4) is 0 Å². The molecule has 16 heavy (non-hydrogen) atoms. The molecule has 0 spiro atoms. The highest BCUT2D eigenvalue weighted by Gasteiger charge is 2.35. The van der Waals surface area contributed by atoms with Crippen molar-refractivity contribution in [1.29, 1.82) is 0 Å². The first-order valence-corrected chi connectivity index (χ1v) is 4.60. The molecule has 0 atom stereocenters. The molecule has 1 aromatic heterocycles. The van der Waals surface area contributed by atoms with E-state index in [1.807, 2.05) is 0 Å². The number of rotatable bonds is 1. The molecule has 0 amide bonds. The van der Waals surface area contributed by atoms with Gasteiger partial charge in [-0.3, -0.25) is 4.79 Å².